The van der Waals surface area contributed by atoms with Crippen LogP contribution >= 0.6 is 0 Å². The van der Waals surface area contributed by atoms with Crippen LogP contribution in [0.4, 0.5) is 0 Å². The Hall–Kier alpha value is -2.69. The summed E-state index contributed by atoms with van der Waals surface area (Å²) in [4.78, 5) is 12.4. The molecule has 1 aromatic carbocycles. The van der Waals surface area contributed by atoms with E-state index < -0.39 is 0 Å². The van der Waals surface area contributed by atoms with Gasteiger partial charge in [-0.1, -0.05) is 12.1 Å². The SMILES string of the molecule is O=C(NCCc1nnc2ccccn12)c1ccc2c(c1)CCCC2. The average molecular weight is 320 g/mol. The van der Waals surface area contributed by atoms with Crippen LogP contribution in [0.15, 0.2) is 42.6 Å². The third-order valence-corrected chi connectivity index (χ3v) is 4.63. The van der Waals surface area contributed by atoms with Crippen molar-refractivity contribution in [2.75, 3.05) is 6.54 Å². The zero-order chi connectivity index (χ0) is 16.4. The van der Waals surface area contributed by atoms with Gasteiger partial charge in [0.1, 0.15) is 5.82 Å². The number of nitrogens with one attached hydrogen (secondary N) is 1. The van der Waals surface area contributed by atoms with E-state index in [-0.39, 0.29) is 5.91 Å². The van der Waals surface area contributed by atoms with Gasteiger partial charge in [-0.05, 0) is 61.1 Å². The maximum Gasteiger partial charge on any atom is 0.251 e. The van der Waals surface area contributed by atoms with Crippen LogP contribution in [0.3, 0.4) is 0 Å². The van der Waals surface area contributed by atoms with E-state index in [4.69, 9.17) is 0 Å². The number of hydrogen-bond donors (Lipinski definition) is 1. The van der Waals surface area contributed by atoms with Crippen molar-refractivity contribution in [3.63, 3.8) is 0 Å². The third kappa shape index (κ3) is 2.89. The molecule has 1 aliphatic rings. The second kappa shape index (κ2) is 6.43. The molecule has 0 aliphatic heterocycles. The van der Waals surface area contributed by atoms with Gasteiger partial charge in [-0.15, -0.1) is 10.2 Å². The summed E-state index contributed by atoms with van der Waals surface area (Å²) in [5.41, 5.74) is 4.31. The van der Waals surface area contributed by atoms with Gasteiger partial charge < -0.3 is 5.32 Å². The lowest BCUT2D eigenvalue weighted by Crippen LogP contribution is -2.26. The summed E-state index contributed by atoms with van der Waals surface area (Å²) < 4.78 is 1.95. The Kier molecular flexibility index (Phi) is 3.99. The van der Waals surface area contributed by atoms with Crippen molar-refractivity contribution in [3.05, 3.63) is 65.1 Å². The Labute approximate surface area is 140 Å². The number of carbonyl (C=O) groups excluding carboxylic acids is 1. The number of aryl methyl sites for hydroxylation is 2. The van der Waals surface area contributed by atoms with E-state index in [0.29, 0.717) is 13.0 Å². The topological polar surface area (TPSA) is 59.3 Å². The molecule has 0 saturated heterocycles. The number of rotatable bonds is 4. The summed E-state index contributed by atoms with van der Waals surface area (Å²) >= 11 is 0. The molecule has 4 rings (SSSR count). The highest BCUT2D eigenvalue weighted by atomic mass is 16.1. The van der Waals surface area contributed by atoms with Crippen LogP contribution in [0.1, 0.15) is 40.2 Å². The molecule has 0 saturated carbocycles. The Morgan fingerprint density at radius 1 is 1.08 bits per heavy atom. The quantitative estimate of drug-likeness (QED) is 0.804. The molecule has 0 unspecified atom stereocenters. The molecule has 0 bridgehead atoms. The predicted octanol–water partition coefficient (Wildman–Crippen LogP) is 2.58. The number of nitrogens with zero attached hydrogens (tertiary/aromatic N) is 3. The van der Waals surface area contributed by atoms with E-state index in [1.165, 1.54) is 24.0 Å². The zero-order valence-electron chi connectivity index (χ0n) is 13.5. The summed E-state index contributed by atoms with van der Waals surface area (Å²) in [6.07, 6.45) is 7.29. The van der Waals surface area contributed by atoms with E-state index in [2.05, 4.69) is 27.6 Å². The van der Waals surface area contributed by atoms with Crippen molar-refractivity contribution in [1.29, 1.82) is 0 Å². The Morgan fingerprint density at radius 3 is 2.88 bits per heavy atom. The first-order valence-corrected chi connectivity index (χ1v) is 8.50. The van der Waals surface area contributed by atoms with Crippen LogP contribution in [-0.2, 0) is 19.3 Å². The van der Waals surface area contributed by atoms with E-state index in [1.807, 2.05) is 34.9 Å². The van der Waals surface area contributed by atoms with Gasteiger partial charge in [0.2, 0.25) is 0 Å². The molecule has 2 aromatic heterocycles. The minimum atomic E-state index is -0.0165. The first-order valence-electron chi connectivity index (χ1n) is 8.50. The lowest BCUT2D eigenvalue weighted by Gasteiger charge is -2.16. The Balaban J connectivity index is 1.40. The normalized spacial score (nSPS) is 13.7. The highest BCUT2D eigenvalue weighted by Crippen LogP contribution is 2.22. The number of benzene rings is 1. The van der Waals surface area contributed by atoms with E-state index in [9.17, 15) is 4.79 Å². The van der Waals surface area contributed by atoms with Crippen LogP contribution in [0.5, 0.6) is 0 Å². The summed E-state index contributed by atoms with van der Waals surface area (Å²) in [7, 11) is 0. The molecule has 24 heavy (non-hydrogen) atoms. The molecule has 0 spiro atoms. The summed E-state index contributed by atoms with van der Waals surface area (Å²) in [6, 6.07) is 11.9. The molecule has 0 fully saturated rings. The molecule has 1 N–H and O–H groups in total. The first kappa shape index (κ1) is 14.9. The molecule has 5 nitrogen and oxygen atoms in total. The van der Waals surface area contributed by atoms with Gasteiger partial charge in [0.25, 0.3) is 5.91 Å². The summed E-state index contributed by atoms with van der Waals surface area (Å²) in [5.74, 6) is 0.841. The Morgan fingerprint density at radius 2 is 1.96 bits per heavy atom. The Bertz CT molecular complexity index is 884. The van der Waals surface area contributed by atoms with Crippen LogP contribution in [0.2, 0.25) is 0 Å². The highest BCUT2D eigenvalue weighted by Gasteiger charge is 2.13. The molecule has 0 atom stereocenters. The second-order valence-corrected chi connectivity index (χ2v) is 6.24. The largest absolute Gasteiger partial charge is 0.352 e. The first-order chi connectivity index (χ1) is 11.8. The zero-order valence-corrected chi connectivity index (χ0v) is 13.5. The molecular formula is C19H20N4O. The maximum absolute atomic E-state index is 12.4. The van der Waals surface area contributed by atoms with Gasteiger partial charge in [-0.25, -0.2) is 0 Å². The molecular weight excluding hydrogens is 300 g/mol. The second-order valence-electron chi connectivity index (χ2n) is 6.24. The lowest BCUT2D eigenvalue weighted by atomic mass is 9.90. The minimum Gasteiger partial charge on any atom is -0.352 e. The lowest BCUT2D eigenvalue weighted by molar-refractivity contribution is 0.0954. The number of pyridine rings is 1. The highest BCUT2D eigenvalue weighted by molar-refractivity contribution is 5.94. The number of hydrogen-bond acceptors (Lipinski definition) is 3. The number of fused-ring (bicyclic) bond motifs is 2. The van der Waals surface area contributed by atoms with Crippen LogP contribution < -0.4 is 5.32 Å². The van der Waals surface area contributed by atoms with Gasteiger partial charge in [-0.3, -0.25) is 9.20 Å². The van der Waals surface area contributed by atoms with Crippen molar-refractivity contribution < 1.29 is 4.79 Å². The molecule has 122 valence electrons. The molecule has 0 radical (unpaired) electrons. The van der Waals surface area contributed by atoms with Crippen molar-refractivity contribution in [3.8, 4) is 0 Å². The standard InChI is InChI=1S/C19H20N4O/c24-19(16-9-8-14-5-1-2-6-15(14)13-16)20-11-10-18-22-21-17-7-3-4-12-23(17)18/h3-4,7-9,12-13H,1-2,5-6,10-11H2,(H,20,24). The third-order valence-electron chi connectivity index (χ3n) is 4.63. The number of aromatic nitrogens is 3. The van der Waals surface area contributed by atoms with Crippen molar-refractivity contribution in [1.82, 2.24) is 19.9 Å². The van der Waals surface area contributed by atoms with Gasteiger partial charge >= 0.3 is 0 Å². The van der Waals surface area contributed by atoms with E-state index >= 15 is 0 Å². The van der Waals surface area contributed by atoms with Crippen molar-refractivity contribution >= 4 is 11.6 Å². The summed E-state index contributed by atoms with van der Waals surface area (Å²) in [5, 5.41) is 11.3. The number of carbonyl (C=O) groups is 1. The monoisotopic (exact) mass is 320 g/mol. The van der Waals surface area contributed by atoms with E-state index in [1.54, 1.807) is 0 Å². The maximum atomic E-state index is 12.4. The number of amides is 1. The van der Waals surface area contributed by atoms with Gasteiger partial charge in [0, 0.05) is 24.7 Å². The molecule has 2 heterocycles. The van der Waals surface area contributed by atoms with Crippen LogP contribution in [-0.4, -0.2) is 27.0 Å². The molecule has 5 heteroatoms. The van der Waals surface area contributed by atoms with E-state index in [0.717, 1.165) is 29.9 Å². The predicted molar refractivity (Wildman–Crippen MR) is 92.1 cm³/mol. The minimum absolute atomic E-state index is 0.0165. The fourth-order valence-corrected chi connectivity index (χ4v) is 3.33. The van der Waals surface area contributed by atoms with Crippen molar-refractivity contribution in [2.24, 2.45) is 0 Å². The fourth-order valence-electron chi connectivity index (χ4n) is 3.33. The van der Waals surface area contributed by atoms with Gasteiger partial charge in [0.05, 0.1) is 0 Å². The van der Waals surface area contributed by atoms with Crippen molar-refractivity contribution in [2.45, 2.75) is 32.1 Å². The molecule has 1 amide bonds. The van der Waals surface area contributed by atoms with Crippen LogP contribution in [0.25, 0.3) is 5.65 Å². The van der Waals surface area contributed by atoms with Gasteiger partial charge in [-0.2, -0.15) is 0 Å². The van der Waals surface area contributed by atoms with Gasteiger partial charge in [0.15, 0.2) is 5.65 Å². The molecule has 3 aromatic rings. The molecule has 1 aliphatic carbocycles. The van der Waals surface area contributed by atoms with Crippen LogP contribution in [0, 0.1) is 0 Å². The smallest absolute Gasteiger partial charge is 0.251 e. The average Bonchev–Trinajstić information content (AvgIpc) is 3.04. The summed E-state index contributed by atoms with van der Waals surface area (Å²) in [6.45, 7) is 0.547. The fraction of sp³-hybridized carbons (Fsp3) is 0.316.